The summed E-state index contributed by atoms with van der Waals surface area (Å²) in [6.45, 7) is 10.8. The van der Waals surface area contributed by atoms with E-state index in [-0.39, 0.29) is 42.4 Å². The van der Waals surface area contributed by atoms with Gasteiger partial charge in [-0.2, -0.15) is 0 Å². The highest BCUT2D eigenvalue weighted by Crippen LogP contribution is 2.36. The van der Waals surface area contributed by atoms with Gasteiger partial charge in [0.25, 0.3) is 0 Å². The lowest BCUT2D eigenvalue weighted by Crippen LogP contribution is -2.49. The molecule has 4 rings (SSSR count). The summed E-state index contributed by atoms with van der Waals surface area (Å²) in [4.78, 5) is 15.5. The summed E-state index contributed by atoms with van der Waals surface area (Å²) in [7, 11) is 0. The Labute approximate surface area is 239 Å². The first-order chi connectivity index (χ1) is 18.3. The van der Waals surface area contributed by atoms with Crippen LogP contribution in [0.25, 0.3) is 6.08 Å². The average molecular weight is 642 g/mol. The van der Waals surface area contributed by atoms with Gasteiger partial charge in [0.15, 0.2) is 0 Å². The Balaban J connectivity index is 1.31. The lowest BCUT2D eigenvalue weighted by atomic mass is 9.80. The minimum atomic E-state index is -0.598. The van der Waals surface area contributed by atoms with Crippen LogP contribution in [0.4, 0.5) is 0 Å². The predicted molar refractivity (Wildman–Crippen MR) is 151 cm³/mol. The van der Waals surface area contributed by atoms with Crippen molar-refractivity contribution in [2.75, 3.05) is 6.61 Å². The molecule has 0 unspecified atom stereocenters. The third kappa shape index (κ3) is 7.42. The Hall–Kier alpha value is -1.37. The van der Waals surface area contributed by atoms with E-state index in [0.717, 1.165) is 43.1 Å². The van der Waals surface area contributed by atoms with Crippen molar-refractivity contribution >= 4 is 35.0 Å². The van der Waals surface area contributed by atoms with Gasteiger partial charge in [0.1, 0.15) is 18.2 Å². The van der Waals surface area contributed by atoms with Crippen molar-refractivity contribution in [1.82, 2.24) is 4.98 Å². The zero-order chi connectivity index (χ0) is 27.2. The van der Waals surface area contributed by atoms with Crippen molar-refractivity contribution in [3.8, 4) is 0 Å². The molecule has 4 heterocycles. The fraction of sp³-hybridized carbons (Fsp3) is 0.655. The second-order valence-corrected chi connectivity index (χ2v) is 11.5. The summed E-state index contributed by atoms with van der Waals surface area (Å²) >= 11 is 2.22. The number of aliphatic hydroxyl groups is 1. The molecule has 9 heteroatoms. The van der Waals surface area contributed by atoms with E-state index < -0.39 is 12.4 Å². The monoisotopic (exact) mass is 641 g/mol. The number of carbonyl (C=O) groups excluding carboxylic acids is 1. The normalized spacial score (nSPS) is 37.0. The molecule has 0 aromatic carbocycles. The number of hydrogen-bond acceptors (Lipinski definition) is 8. The molecular weight excluding hydrogens is 601 g/mol. The SMILES string of the molecule is C=C1C[C@H](C[C@@H]2CCO[C@H](c3coc(/C=C/C[C@H]4O[C@@H](/C(C)=C/I)[C@H](C)[C@@H](O)[C@H]4C)n3)O2)O[C@@H](CC=O)C1. The third-order valence-electron chi connectivity index (χ3n) is 7.82. The number of oxazole rings is 1. The minimum Gasteiger partial charge on any atom is -0.445 e. The highest BCUT2D eigenvalue weighted by molar-refractivity contribution is 14.1. The van der Waals surface area contributed by atoms with Crippen LogP contribution in [0.1, 0.15) is 77.2 Å². The van der Waals surface area contributed by atoms with E-state index in [1.54, 1.807) is 6.26 Å². The second-order valence-electron chi connectivity index (χ2n) is 10.8. The fourth-order valence-corrected chi connectivity index (χ4v) is 6.00. The number of aldehydes is 1. The Morgan fingerprint density at radius 3 is 2.71 bits per heavy atom. The van der Waals surface area contributed by atoms with Gasteiger partial charge in [-0.05, 0) is 48.3 Å². The second kappa shape index (κ2) is 13.8. The summed E-state index contributed by atoms with van der Waals surface area (Å²) in [6.07, 6.45) is 8.98. The molecule has 0 spiro atoms. The molecule has 9 atom stereocenters. The molecule has 0 bridgehead atoms. The Morgan fingerprint density at radius 2 is 1.95 bits per heavy atom. The van der Waals surface area contributed by atoms with Gasteiger partial charge in [-0.15, -0.1) is 0 Å². The smallest absolute Gasteiger partial charge is 0.218 e. The van der Waals surface area contributed by atoms with Crippen LogP contribution in [0.15, 0.2) is 38.6 Å². The van der Waals surface area contributed by atoms with Gasteiger partial charge in [0.05, 0.1) is 43.2 Å². The van der Waals surface area contributed by atoms with Crippen molar-refractivity contribution < 1.29 is 33.3 Å². The zero-order valence-corrected chi connectivity index (χ0v) is 24.6. The van der Waals surface area contributed by atoms with E-state index in [0.29, 0.717) is 31.0 Å². The standard InChI is InChI=1S/C29H40INO7/c1-17-12-21(8-10-32)36-23(13-17)14-22-9-11-34-29(37-22)24-16-35-26(31-24)7-5-6-25-19(3)27(33)20(4)28(38-25)18(2)15-30/h5,7,10,15-16,19-23,25,27-29,33H,1,6,8-9,11-14H2,2-4H3/b7-5+,18-15+/t19-,20+,21-,22-,23+,25+,27-,28-,29-/m0/s1. The lowest BCUT2D eigenvalue weighted by molar-refractivity contribution is -0.227. The van der Waals surface area contributed by atoms with E-state index in [4.69, 9.17) is 23.4 Å². The van der Waals surface area contributed by atoms with E-state index in [1.807, 2.05) is 37.0 Å². The van der Waals surface area contributed by atoms with Gasteiger partial charge in [-0.3, -0.25) is 0 Å². The van der Waals surface area contributed by atoms with Gasteiger partial charge in [0.2, 0.25) is 12.2 Å². The maximum Gasteiger partial charge on any atom is 0.218 e. The average Bonchev–Trinajstić information content (AvgIpc) is 3.37. The van der Waals surface area contributed by atoms with E-state index >= 15 is 0 Å². The molecule has 1 aromatic heterocycles. The van der Waals surface area contributed by atoms with Crippen molar-refractivity contribution in [3.63, 3.8) is 0 Å². The molecule has 1 N–H and O–H groups in total. The molecule has 0 saturated carbocycles. The number of rotatable bonds is 9. The maximum absolute atomic E-state index is 10.9. The molecular formula is C29H40INO7. The van der Waals surface area contributed by atoms with Gasteiger partial charge >= 0.3 is 0 Å². The molecule has 8 nitrogen and oxygen atoms in total. The third-order valence-corrected chi connectivity index (χ3v) is 8.80. The maximum atomic E-state index is 10.9. The molecule has 0 aliphatic carbocycles. The van der Waals surface area contributed by atoms with Crippen LogP contribution in [0, 0.1) is 11.8 Å². The first kappa shape index (κ1) is 29.6. The molecule has 38 heavy (non-hydrogen) atoms. The number of hydrogen-bond donors (Lipinski definition) is 1. The van der Waals surface area contributed by atoms with Crippen LogP contribution < -0.4 is 0 Å². The van der Waals surface area contributed by atoms with Crippen molar-refractivity contribution in [1.29, 1.82) is 0 Å². The summed E-state index contributed by atoms with van der Waals surface area (Å²) in [6, 6.07) is 0. The summed E-state index contributed by atoms with van der Waals surface area (Å²) in [5.41, 5.74) is 2.84. The van der Waals surface area contributed by atoms with E-state index in [9.17, 15) is 9.90 Å². The number of aromatic nitrogens is 1. The molecule has 0 amide bonds. The Bertz CT molecular complexity index is 1010. The molecule has 210 valence electrons. The van der Waals surface area contributed by atoms with Gasteiger partial charge in [0, 0.05) is 24.7 Å². The predicted octanol–water partition coefficient (Wildman–Crippen LogP) is 5.70. The fourth-order valence-electron chi connectivity index (χ4n) is 5.65. The molecule has 3 fully saturated rings. The Kier molecular flexibility index (Phi) is 10.8. The number of aliphatic hydroxyl groups excluding tert-OH is 1. The number of halogens is 1. The lowest BCUT2D eigenvalue weighted by Gasteiger charge is -2.43. The van der Waals surface area contributed by atoms with Gasteiger partial charge in [-0.1, -0.05) is 54.7 Å². The largest absolute Gasteiger partial charge is 0.445 e. The summed E-state index contributed by atoms with van der Waals surface area (Å²) in [5.74, 6) is 0.536. The topological polar surface area (TPSA) is 100 Å². The molecule has 1 aromatic rings. The molecule has 3 aliphatic heterocycles. The van der Waals surface area contributed by atoms with Crippen LogP contribution >= 0.6 is 22.6 Å². The van der Waals surface area contributed by atoms with E-state index in [1.165, 1.54) is 0 Å². The van der Waals surface area contributed by atoms with Crippen LogP contribution in [-0.4, -0.2) is 59.6 Å². The van der Waals surface area contributed by atoms with Crippen molar-refractivity contribution in [2.24, 2.45) is 11.8 Å². The number of ether oxygens (including phenoxy) is 4. The van der Waals surface area contributed by atoms with Crippen LogP contribution in [-0.2, 0) is 23.7 Å². The van der Waals surface area contributed by atoms with Crippen LogP contribution in [0.5, 0.6) is 0 Å². The highest BCUT2D eigenvalue weighted by Gasteiger charge is 2.40. The van der Waals surface area contributed by atoms with Crippen molar-refractivity contribution in [2.45, 2.75) is 102 Å². The Morgan fingerprint density at radius 1 is 1.16 bits per heavy atom. The first-order valence-electron chi connectivity index (χ1n) is 13.5. The van der Waals surface area contributed by atoms with Gasteiger partial charge in [-0.25, -0.2) is 4.98 Å². The highest BCUT2D eigenvalue weighted by atomic mass is 127. The molecule has 3 saturated heterocycles. The first-order valence-corrected chi connectivity index (χ1v) is 14.8. The number of nitrogens with zero attached hydrogens (tertiary/aromatic N) is 1. The van der Waals surface area contributed by atoms with Crippen molar-refractivity contribution in [3.05, 3.63) is 45.7 Å². The quantitative estimate of drug-likeness (QED) is 0.208. The van der Waals surface area contributed by atoms with Gasteiger partial charge < -0.3 is 33.3 Å². The molecule has 3 aliphatic rings. The van der Waals surface area contributed by atoms with E-state index in [2.05, 4.69) is 34.2 Å². The van der Waals surface area contributed by atoms with Crippen LogP contribution in [0.3, 0.4) is 0 Å². The minimum absolute atomic E-state index is 0.0117. The molecule has 0 radical (unpaired) electrons. The summed E-state index contributed by atoms with van der Waals surface area (Å²) in [5, 5.41) is 10.8. The zero-order valence-electron chi connectivity index (χ0n) is 22.5. The van der Waals surface area contributed by atoms with Crippen LogP contribution in [0.2, 0.25) is 0 Å². The number of carbonyl (C=O) groups is 1. The summed E-state index contributed by atoms with van der Waals surface area (Å²) < 4.78 is 32.2.